The third kappa shape index (κ3) is 4.56. The second kappa shape index (κ2) is 8.11. The van der Waals surface area contributed by atoms with Crippen molar-refractivity contribution >= 4 is 11.7 Å². The molecule has 2 rings (SSSR count). The van der Waals surface area contributed by atoms with E-state index < -0.39 is 0 Å². The zero-order valence-corrected chi connectivity index (χ0v) is 15.7. The first-order valence-corrected chi connectivity index (χ1v) is 8.81. The van der Waals surface area contributed by atoms with Gasteiger partial charge in [0, 0.05) is 29.6 Å². The lowest BCUT2D eigenvalue weighted by Gasteiger charge is -2.31. The molecule has 2 aromatic rings. The Morgan fingerprint density at radius 2 is 1.52 bits per heavy atom. The van der Waals surface area contributed by atoms with E-state index in [0.717, 1.165) is 11.1 Å². The first kappa shape index (κ1) is 18.9. The van der Waals surface area contributed by atoms with Crippen LogP contribution in [0.1, 0.15) is 59.5 Å². The normalized spacial score (nSPS) is 11.0. The third-order valence-corrected chi connectivity index (χ3v) is 4.29. The molecule has 0 heterocycles. The molecule has 0 bridgehead atoms. The number of Topliss-reactive ketones (excluding diaryl/α,β-unsaturated/α-hetero) is 1. The van der Waals surface area contributed by atoms with Crippen LogP contribution in [0.2, 0.25) is 0 Å². The van der Waals surface area contributed by atoms with Crippen LogP contribution in [0.3, 0.4) is 0 Å². The van der Waals surface area contributed by atoms with E-state index in [1.807, 2.05) is 88.0 Å². The van der Waals surface area contributed by atoms with Crippen molar-refractivity contribution in [1.82, 2.24) is 4.90 Å². The van der Waals surface area contributed by atoms with Gasteiger partial charge in [-0.2, -0.15) is 0 Å². The van der Waals surface area contributed by atoms with Gasteiger partial charge in [0.15, 0.2) is 5.78 Å². The number of amides is 1. The molecule has 0 aromatic heterocycles. The van der Waals surface area contributed by atoms with Crippen molar-refractivity contribution in [1.29, 1.82) is 0 Å². The van der Waals surface area contributed by atoms with Crippen molar-refractivity contribution in [3.05, 3.63) is 70.8 Å². The van der Waals surface area contributed by atoms with Gasteiger partial charge >= 0.3 is 0 Å². The van der Waals surface area contributed by atoms with Gasteiger partial charge in [-0.3, -0.25) is 9.59 Å². The van der Waals surface area contributed by atoms with Crippen molar-refractivity contribution in [3.8, 4) is 0 Å². The van der Waals surface area contributed by atoms with Crippen LogP contribution in [0, 0.1) is 6.92 Å². The summed E-state index contributed by atoms with van der Waals surface area (Å²) < 4.78 is 0. The molecule has 0 aliphatic carbocycles. The van der Waals surface area contributed by atoms with E-state index in [9.17, 15) is 9.59 Å². The van der Waals surface area contributed by atoms with Crippen LogP contribution < -0.4 is 0 Å². The van der Waals surface area contributed by atoms with E-state index in [0.29, 0.717) is 11.1 Å². The Labute approximate surface area is 150 Å². The molecule has 0 saturated heterocycles. The summed E-state index contributed by atoms with van der Waals surface area (Å²) in [6.45, 7) is 10.0. The Bertz CT molecular complexity index is 740. The molecule has 25 heavy (non-hydrogen) atoms. The summed E-state index contributed by atoms with van der Waals surface area (Å²) in [5.41, 5.74) is 3.14. The van der Waals surface area contributed by atoms with Gasteiger partial charge in [0.1, 0.15) is 0 Å². The number of carbonyl (C=O) groups excluding carboxylic acids is 2. The van der Waals surface area contributed by atoms with Crippen molar-refractivity contribution in [3.63, 3.8) is 0 Å². The number of carbonyl (C=O) groups is 2. The Kier molecular flexibility index (Phi) is 6.13. The molecular weight excluding hydrogens is 310 g/mol. The smallest absolute Gasteiger partial charge is 0.254 e. The van der Waals surface area contributed by atoms with Crippen LogP contribution >= 0.6 is 0 Å². The zero-order valence-electron chi connectivity index (χ0n) is 15.7. The van der Waals surface area contributed by atoms with E-state index in [4.69, 9.17) is 0 Å². The Hall–Kier alpha value is -2.42. The SMILES string of the molecule is Cc1ccc(C(=O)N(C(C)C)C(C)C)c(CC(=O)c2ccccc2)c1. The molecule has 0 N–H and O–H groups in total. The molecule has 3 heteroatoms. The number of aryl methyl sites for hydroxylation is 1. The topological polar surface area (TPSA) is 37.4 Å². The minimum atomic E-state index is -0.0131. The van der Waals surface area contributed by atoms with Gasteiger partial charge in [-0.1, -0.05) is 48.0 Å². The number of nitrogens with zero attached hydrogens (tertiary/aromatic N) is 1. The molecule has 0 radical (unpaired) electrons. The summed E-state index contributed by atoms with van der Waals surface area (Å²) in [6.07, 6.45) is 0.233. The Morgan fingerprint density at radius 1 is 0.920 bits per heavy atom. The first-order chi connectivity index (χ1) is 11.8. The first-order valence-electron chi connectivity index (χ1n) is 8.81. The van der Waals surface area contributed by atoms with Crippen LogP contribution in [0.4, 0.5) is 0 Å². The second-order valence-electron chi connectivity index (χ2n) is 7.03. The van der Waals surface area contributed by atoms with E-state index >= 15 is 0 Å². The van der Waals surface area contributed by atoms with Crippen molar-refractivity contribution in [2.24, 2.45) is 0 Å². The molecule has 0 unspecified atom stereocenters. The van der Waals surface area contributed by atoms with Crippen molar-refractivity contribution in [2.45, 2.75) is 53.1 Å². The summed E-state index contributed by atoms with van der Waals surface area (Å²) in [6, 6.07) is 15.2. The number of rotatable bonds is 6. The molecule has 3 nitrogen and oxygen atoms in total. The third-order valence-electron chi connectivity index (χ3n) is 4.29. The second-order valence-corrected chi connectivity index (χ2v) is 7.03. The van der Waals surface area contributed by atoms with Crippen LogP contribution in [0.5, 0.6) is 0 Å². The maximum absolute atomic E-state index is 13.1. The summed E-state index contributed by atoms with van der Waals surface area (Å²) in [4.78, 5) is 27.6. The molecule has 0 spiro atoms. The summed E-state index contributed by atoms with van der Waals surface area (Å²) in [5, 5.41) is 0. The molecule has 1 amide bonds. The Morgan fingerprint density at radius 3 is 2.08 bits per heavy atom. The summed E-state index contributed by atoms with van der Waals surface area (Å²) >= 11 is 0. The highest BCUT2D eigenvalue weighted by Crippen LogP contribution is 2.20. The quantitative estimate of drug-likeness (QED) is 0.718. The fourth-order valence-corrected chi connectivity index (χ4v) is 3.18. The van der Waals surface area contributed by atoms with E-state index in [-0.39, 0.29) is 30.2 Å². The van der Waals surface area contributed by atoms with Gasteiger partial charge in [0.05, 0.1) is 0 Å². The highest BCUT2D eigenvalue weighted by molar-refractivity contribution is 6.01. The highest BCUT2D eigenvalue weighted by atomic mass is 16.2. The number of hydrogen-bond acceptors (Lipinski definition) is 2. The van der Waals surface area contributed by atoms with Gasteiger partial charge < -0.3 is 4.90 Å². The number of hydrogen-bond donors (Lipinski definition) is 0. The molecule has 0 saturated carbocycles. The Balaban J connectivity index is 2.37. The minimum absolute atomic E-state index is 0.0131. The fraction of sp³-hybridized carbons (Fsp3) is 0.364. The van der Waals surface area contributed by atoms with E-state index in [1.54, 1.807) is 0 Å². The summed E-state index contributed by atoms with van der Waals surface area (Å²) in [7, 11) is 0. The monoisotopic (exact) mass is 337 g/mol. The predicted molar refractivity (Wildman–Crippen MR) is 102 cm³/mol. The van der Waals surface area contributed by atoms with Gasteiger partial charge in [0.2, 0.25) is 0 Å². The molecule has 2 aromatic carbocycles. The van der Waals surface area contributed by atoms with Crippen LogP contribution in [-0.4, -0.2) is 28.7 Å². The predicted octanol–water partition coefficient (Wildman–Crippen LogP) is 4.68. The van der Waals surface area contributed by atoms with Crippen molar-refractivity contribution in [2.75, 3.05) is 0 Å². The number of benzene rings is 2. The summed E-state index contributed by atoms with van der Waals surface area (Å²) in [5.74, 6) is 0.0155. The largest absolute Gasteiger partial charge is 0.334 e. The van der Waals surface area contributed by atoms with Gasteiger partial charge in [-0.15, -0.1) is 0 Å². The van der Waals surface area contributed by atoms with Gasteiger partial charge in [0.25, 0.3) is 5.91 Å². The van der Waals surface area contributed by atoms with Crippen molar-refractivity contribution < 1.29 is 9.59 Å². The minimum Gasteiger partial charge on any atom is -0.334 e. The molecule has 0 fully saturated rings. The van der Waals surface area contributed by atoms with Crippen LogP contribution in [0.25, 0.3) is 0 Å². The molecule has 0 aliphatic heterocycles. The lowest BCUT2D eigenvalue weighted by atomic mass is 9.95. The van der Waals surface area contributed by atoms with E-state index in [1.165, 1.54) is 0 Å². The fourth-order valence-electron chi connectivity index (χ4n) is 3.18. The average Bonchev–Trinajstić information content (AvgIpc) is 2.55. The lowest BCUT2D eigenvalue weighted by Crippen LogP contribution is -2.42. The zero-order chi connectivity index (χ0) is 18.6. The van der Waals surface area contributed by atoms with Crippen LogP contribution in [-0.2, 0) is 6.42 Å². The van der Waals surface area contributed by atoms with E-state index in [2.05, 4.69) is 0 Å². The van der Waals surface area contributed by atoms with Gasteiger partial charge in [-0.05, 0) is 46.2 Å². The molecule has 132 valence electrons. The highest BCUT2D eigenvalue weighted by Gasteiger charge is 2.24. The maximum Gasteiger partial charge on any atom is 0.254 e. The van der Waals surface area contributed by atoms with Crippen LogP contribution in [0.15, 0.2) is 48.5 Å². The maximum atomic E-state index is 13.1. The lowest BCUT2D eigenvalue weighted by molar-refractivity contribution is 0.0643. The standard InChI is InChI=1S/C22H27NO2/c1-15(2)23(16(3)4)22(25)20-12-11-17(5)13-19(20)14-21(24)18-9-7-6-8-10-18/h6-13,15-16H,14H2,1-5H3. The van der Waals surface area contributed by atoms with Gasteiger partial charge in [-0.25, -0.2) is 0 Å². The average molecular weight is 337 g/mol. The number of ketones is 1. The molecule has 0 atom stereocenters. The molecular formula is C22H27NO2. The molecule has 0 aliphatic rings.